The van der Waals surface area contributed by atoms with E-state index in [9.17, 15) is 33.6 Å². The molecule has 266 valence electrons. The number of esters is 1. The van der Waals surface area contributed by atoms with Gasteiger partial charge in [0.2, 0.25) is 29.5 Å². The third-order valence-electron chi connectivity index (χ3n) is 8.15. The van der Waals surface area contributed by atoms with Crippen LogP contribution in [0, 0.1) is 17.8 Å². The highest BCUT2D eigenvalue weighted by Gasteiger charge is 2.39. The van der Waals surface area contributed by atoms with Gasteiger partial charge in [-0.25, -0.2) is 4.79 Å². The maximum atomic E-state index is 13.4. The minimum atomic E-state index is -0.984. The monoisotopic (exact) mass is 672 g/mol. The number of amides is 7. The van der Waals surface area contributed by atoms with E-state index >= 15 is 0 Å². The van der Waals surface area contributed by atoms with E-state index in [2.05, 4.69) is 21.3 Å². The number of nitrogens with one attached hydrogen (secondary N) is 4. The lowest BCUT2D eigenvalue weighted by Gasteiger charge is -2.25. The Morgan fingerprint density at radius 1 is 0.938 bits per heavy atom. The van der Waals surface area contributed by atoms with Gasteiger partial charge in [0.05, 0.1) is 0 Å². The Hall–Kier alpha value is -4.49. The first-order valence-corrected chi connectivity index (χ1v) is 16.8. The fraction of sp³-hybridized carbons (Fsp3) is 0.618. The molecule has 0 saturated carbocycles. The van der Waals surface area contributed by atoms with Crippen LogP contribution in [0.1, 0.15) is 91.5 Å². The normalized spacial score (nSPS) is 15.6. The van der Waals surface area contributed by atoms with Crippen molar-refractivity contribution in [3.05, 3.63) is 29.8 Å². The molecule has 1 fully saturated rings. The zero-order valence-corrected chi connectivity index (χ0v) is 28.8. The number of carbonyl (C=O) groups excluding carboxylic acids is 7. The number of carbonyl (C=O) groups is 7. The van der Waals surface area contributed by atoms with Gasteiger partial charge >= 0.3 is 12.0 Å². The van der Waals surface area contributed by atoms with Crippen LogP contribution in [0.4, 0.5) is 10.5 Å². The summed E-state index contributed by atoms with van der Waals surface area (Å²) in [4.78, 5) is 88.0. The molecule has 1 aromatic rings. The maximum absolute atomic E-state index is 13.4. The number of hydrogen-bond donors (Lipinski definition) is 5. The van der Waals surface area contributed by atoms with E-state index in [1.54, 1.807) is 45.0 Å². The summed E-state index contributed by atoms with van der Waals surface area (Å²) in [5, 5.41) is 10.8. The number of ether oxygens (including phenoxy) is 1. The summed E-state index contributed by atoms with van der Waals surface area (Å²) in [6, 6.07) is 4.13. The van der Waals surface area contributed by atoms with Gasteiger partial charge in [-0.3, -0.25) is 33.7 Å². The number of unbranched alkanes of at least 4 members (excludes halogenated alkanes) is 2. The van der Waals surface area contributed by atoms with E-state index in [1.807, 2.05) is 13.8 Å². The van der Waals surface area contributed by atoms with Crippen LogP contribution >= 0.6 is 0 Å². The van der Waals surface area contributed by atoms with Crippen molar-refractivity contribution < 1.29 is 38.3 Å². The van der Waals surface area contributed by atoms with Gasteiger partial charge in [0.25, 0.3) is 0 Å². The van der Waals surface area contributed by atoms with Crippen LogP contribution in [-0.4, -0.2) is 71.6 Å². The predicted molar refractivity (Wildman–Crippen MR) is 179 cm³/mol. The number of hydrogen-bond acceptors (Lipinski definition) is 8. The molecule has 7 amide bonds. The minimum Gasteiger partial charge on any atom is -0.461 e. The average Bonchev–Trinajstić information content (AvgIpc) is 3.32. The summed E-state index contributed by atoms with van der Waals surface area (Å²) in [6.45, 7) is 9.76. The molecule has 0 spiro atoms. The van der Waals surface area contributed by atoms with E-state index in [0.29, 0.717) is 37.9 Å². The molecule has 0 bridgehead atoms. The van der Waals surface area contributed by atoms with Crippen molar-refractivity contribution in [2.75, 3.05) is 18.4 Å². The van der Waals surface area contributed by atoms with Crippen LogP contribution in [0.25, 0.3) is 0 Å². The number of urea groups is 1. The molecule has 14 heteroatoms. The fourth-order valence-electron chi connectivity index (χ4n) is 5.20. The van der Waals surface area contributed by atoms with E-state index in [-0.39, 0.29) is 80.3 Å². The minimum absolute atomic E-state index is 0.105. The van der Waals surface area contributed by atoms with E-state index < -0.39 is 29.9 Å². The molecule has 2 rings (SSSR count). The van der Waals surface area contributed by atoms with E-state index in [1.165, 1.54) is 4.90 Å². The summed E-state index contributed by atoms with van der Waals surface area (Å²) in [6.07, 6.45) is 2.92. The quantitative estimate of drug-likeness (QED) is 0.0789. The van der Waals surface area contributed by atoms with E-state index in [0.717, 1.165) is 5.56 Å². The van der Waals surface area contributed by atoms with Gasteiger partial charge in [0.15, 0.2) is 0 Å². The molecule has 0 aromatic heterocycles. The third-order valence-corrected chi connectivity index (χ3v) is 8.15. The van der Waals surface area contributed by atoms with Gasteiger partial charge in [0, 0.05) is 44.0 Å². The Bertz CT molecular complexity index is 1280. The first kappa shape index (κ1) is 39.7. The summed E-state index contributed by atoms with van der Waals surface area (Å²) in [5.74, 6) is -2.39. The van der Waals surface area contributed by atoms with Crippen molar-refractivity contribution in [1.29, 1.82) is 0 Å². The smallest absolute Gasteiger partial charge is 0.312 e. The standard InChI is InChI=1S/C34H52N6O8/c1-6-29(43)48-20-23-13-15-24(16-14-23)37-31(44)26(11-10-17-36-34(35)47)38-32(45)30(22(4)5)39-27(41)12-8-7-9-18-40-28(42)19-25(21(2)3)33(40)46/h13-16,21-22,25-26,30H,6-12,17-20H2,1-5H3,(H,37,44)(H,38,45)(H,39,41)(H3,35,36,47). The van der Waals surface area contributed by atoms with Crippen molar-refractivity contribution in [2.45, 2.75) is 105 Å². The third kappa shape index (κ3) is 13.3. The first-order chi connectivity index (χ1) is 22.7. The lowest BCUT2D eigenvalue weighted by Crippen LogP contribution is -2.54. The van der Waals surface area contributed by atoms with Crippen molar-refractivity contribution in [3.8, 4) is 0 Å². The SMILES string of the molecule is CCC(=O)OCc1ccc(NC(=O)C(CCCNC(N)=O)NC(=O)C(NC(=O)CCCCCN2C(=O)CC(C(C)C)C2=O)C(C)C)cc1. The number of nitrogens with two attached hydrogens (primary N) is 1. The topological polar surface area (TPSA) is 206 Å². The molecule has 6 N–H and O–H groups in total. The van der Waals surface area contributed by atoms with Crippen LogP contribution in [0.5, 0.6) is 0 Å². The van der Waals surface area contributed by atoms with Gasteiger partial charge < -0.3 is 31.7 Å². The molecule has 1 saturated heterocycles. The summed E-state index contributed by atoms with van der Waals surface area (Å²) >= 11 is 0. The lowest BCUT2D eigenvalue weighted by molar-refractivity contribution is -0.144. The van der Waals surface area contributed by atoms with Crippen molar-refractivity contribution in [1.82, 2.24) is 20.9 Å². The van der Waals surface area contributed by atoms with E-state index in [4.69, 9.17) is 10.5 Å². The lowest BCUT2D eigenvalue weighted by atomic mass is 9.94. The highest BCUT2D eigenvalue weighted by Crippen LogP contribution is 2.26. The number of nitrogens with zero attached hydrogens (tertiary/aromatic N) is 1. The van der Waals surface area contributed by atoms with Gasteiger partial charge in [-0.2, -0.15) is 0 Å². The summed E-state index contributed by atoms with van der Waals surface area (Å²) in [5.41, 5.74) is 6.34. The van der Waals surface area contributed by atoms with Crippen LogP contribution in [0.15, 0.2) is 24.3 Å². The van der Waals surface area contributed by atoms with Crippen molar-refractivity contribution in [2.24, 2.45) is 23.5 Å². The summed E-state index contributed by atoms with van der Waals surface area (Å²) in [7, 11) is 0. The number of likely N-dealkylation sites (tertiary alicyclic amines) is 1. The molecule has 0 aliphatic carbocycles. The molecule has 1 heterocycles. The number of anilines is 1. The van der Waals surface area contributed by atoms with Gasteiger partial charge in [0.1, 0.15) is 18.7 Å². The zero-order chi connectivity index (χ0) is 35.8. The Balaban J connectivity index is 1.93. The second-order valence-electron chi connectivity index (χ2n) is 12.7. The maximum Gasteiger partial charge on any atom is 0.312 e. The van der Waals surface area contributed by atoms with Gasteiger partial charge in [-0.1, -0.05) is 53.2 Å². The molecule has 1 aromatic carbocycles. The number of primary amides is 1. The highest BCUT2D eigenvalue weighted by atomic mass is 16.5. The van der Waals surface area contributed by atoms with Gasteiger partial charge in [-0.05, 0) is 55.2 Å². The number of rotatable bonds is 20. The Morgan fingerprint density at radius 3 is 2.21 bits per heavy atom. The van der Waals surface area contributed by atoms with Gasteiger partial charge in [-0.15, -0.1) is 0 Å². The van der Waals surface area contributed by atoms with Crippen LogP contribution in [-0.2, 0) is 40.1 Å². The molecule has 1 aliphatic heterocycles. The Morgan fingerprint density at radius 2 is 1.62 bits per heavy atom. The van der Waals surface area contributed by atoms with Crippen LogP contribution in [0.2, 0.25) is 0 Å². The fourth-order valence-corrected chi connectivity index (χ4v) is 5.20. The first-order valence-electron chi connectivity index (χ1n) is 16.8. The molecule has 3 unspecified atom stereocenters. The Labute approximate surface area is 282 Å². The predicted octanol–water partition coefficient (Wildman–Crippen LogP) is 2.74. The van der Waals surface area contributed by atoms with Crippen LogP contribution in [0.3, 0.4) is 0 Å². The van der Waals surface area contributed by atoms with Crippen LogP contribution < -0.4 is 27.0 Å². The molecule has 1 aliphatic rings. The molecular weight excluding hydrogens is 620 g/mol. The molecule has 3 atom stereocenters. The molecule has 48 heavy (non-hydrogen) atoms. The highest BCUT2D eigenvalue weighted by molar-refractivity contribution is 6.03. The number of imide groups is 1. The van der Waals surface area contributed by atoms with Crippen molar-refractivity contribution >= 4 is 47.2 Å². The number of benzene rings is 1. The Kier molecular flexibility index (Phi) is 16.5. The molecule has 14 nitrogen and oxygen atoms in total. The molecule has 0 radical (unpaired) electrons. The second-order valence-corrected chi connectivity index (χ2v) is 12.7. The molecular formula is C34H52N6O8. The second kappa shape index (κ2) is 20.0. The largest absolute Gasteiger partial charge is 0.461 e. The zero-order valence-electron chi connectivity index (χ0n) is 28.8. The summed E-state index contributed by atoms with van der Waals surface area (Å²) < 4.78 is 5.12. The average molecular weight is 673 g/mol. The van der Waals surface area contributed by atoms with Crippen molar-refractivity contribution in [3.63, 3.8) is 0 Å².